The Morgan fingerprint density at radius 1 is 1.42 bits per heavy atom. The monoisotopic (exact) mass is 261 g/mol. The van der Waals surface area contributed by atoms with E-state index in [-0.39, 0.29) is 0 Å². The molecule has 1 saturated heterocycles. The van der Waals surface area contributed by atoms with Crippen molar-refractivity contribution in [2.75, 3.05) is 18.1 Å². The molecule has 0 aromatic carbocycles. The Morgan fingerprint density at radius 2 is 2.26 bits per heavy atom. The molecule has 2 aliphatic rings. The number of aromatic nitrogens is 1. The van der Waals surface area contributed by atoms with Gasteiger partial charge in [-0.1, -0.05) is 0 Å². The number of morpholine rings is 1. The number of ether oxygens (including phenoxy) is 1. The van der Waals surface area contributed by atoms with Crippen LogP contribution in [0.3, 0.4) is 0 Å². The van der Waals surface area contributed by atoms with Crippen molar-refractivity contribution in [1.29, 1.82) is 0 Å². The van der Waals surface area contributed by atoms with Gasteiger partial charge in [-0.3, -0.25) is 4.98 Å². The molecule has 0 spiro atoms. The van der Waals surface area contributed by atoms with Crippen LogP contribution in [0.1, 0.15) is 32.4 Å². The molecule has 4 heteroatoms. The van der Waals surface area contributed by atoms with Gasteiger partial charge < -0.3 is 15.0 Å². The highest BCUT2D eigenvalue weighted by Crippen LogP contribution is 2.23. The molecule has 2 fully saturated rings. The third-order valence-corrected chi connectivity index (χ3v) is 3.89. The molecule has 2 unspecified atom stereocenters. The number of anilines is 1. The van der Waals surface area contributed by atoms with Crippen LogP contribution in [0, 0.1) is 0 Å². The van der Waals surface area contributed by atoms with E-state index < -0.39 is 0 Å². The molecule has 1 aromatic rings. The van der Waals surface area contributed by atoms with E-state index in [1.54, 1.807) is 0 Å². The van der Waals surface area contributed by atoms with Crippen LogP contribution in [-0.2, 0) is 11.3 Å². The van der Waals surface area contributed by atoms with Gasteiger partial charge in [-0.05, 0) is 38.8 Å². The number of rotatable bonds is 4. The maximum atomic E-state index is 5.69. The average Bonchev–Trinajstić information content (AvgIpc) is 3.24. The van der Waals surface area contributed by atoms with Crippen LogP contribution < -0.4 is 10.2 Å². The van der Waals surface area contributed by atoms with Crippen molar-refractivity contribution in [3.63, 3.8) is 0 Å². The SMILES string of the molecule is CC1CN(c2ccnc(CNC3CC3)c2)C(C)CO1. The Kier molecular flexibility index (Phi) is 3.71. The first-order valence-corrected chi connectivity index (χ1v) is 7.29. The lowest BCUT2D eigenvalue weighted by Crippen LogP contribution is -2.47. The Bertz CT molecular complexity index is 433. The van der Waals surface area contributed by atoms with Gasteiger partial charge in [0.2, 0.25) is 0 Å². The van der Waals surface area contributed by atoms with E-state index in [0.717, 1.165) is 31.4 Å². The van der Waals surface area contributed by atoms with Gasteiger partial charge in [0, 0.05) is 37.1 Å². The van der Waals surface area contributed by atoms with Crippen LogP contribution in [-0.4, -0.2) is 36.3 Å². The van der Waals surface area contributed by atoms with Crippen molar-refractivity contribution in [3.8, 4) is 0 Å². The number of nitrogens with zero attached hydrogens (tertiary/aromatic N) is 2. The van der Waals surface area contributed by atoms with Crippen molar-refractivity contribution in [3.05, 3.63) is 24.0 Å². The third-order valence-electron chi connectivity index (χ3n) is 3.89. The summed E-state index contributed by atoms with van der Waals surface area (Å²) in [6.45, 7) is 7.00. The summed E-state index contributed by atoms with van der Waals surface area (Å²) in [7, 11) is 0. The summed E-state index contributed by atoms with van der Waals surface area (Å²) in [5.41, 5.74) is 2.40. The lowest BCUT2D eigenvalue weighted by Gasteiger charge is -2.38. The molecule has 0 amide bonds. The fraction of sp³-hybridized carbons (Fsp3) is 0.667. The lowest BCUT2D eigenvalue weighted by atomic mass is 10.1. The van der Waals surface area contributed by atoms with Crippen LogP contribution in [0.25, 0.3) is 0 Å². The predicted octanol–water partition coefficient (Wildman–Crippen LogP) is 1.95. The molecule has 1 aliphatic carbocycles. The van der Waals surface area contributed by atoms with Gasteiger partial charge in [-0.2, -0.15) is 0 Å². The summed E-state index contributed by atoms with van der Waals surface area (Å²) in [4.78, 5) is 6.88. The lowest BCUT2D eigenvalue weighted by molar-refractivity contribution is 0.0343. The van der Waals surface area contributed by atoms with Crippen LogP contribution in [0.5, 0.6) is 0 Å². The van der Waals surface area contributed by atoms with Crippen LogP contribution in [0.15, 0.2) is 18.3 Å². The minimum Gasteiger partial charge on any atom is -0.375 e. The van der Waals surface area contributed by atoms with E-state index in [0.29, 0.717) is 12.1 Å². The maximum absolute atomic E-state index is 5.69. The highest BCUT2D eigenvalue weighted by atomic mass is 16.5. The molecule has 3 rings (SSSR count). The summed E-state index contributed by atoms with van der Waals surface area (Å²) in [5.74, 6) is 0. The van der Waals surface area contributed by atoms with Gasteiger partial charge in [-0.15, -0.1) is 0 Å². The zero-order valence-electron chi connectivity index (χ0n) is 11.8. The van der Waals surface area contributed by atoms with Gasteiger partial charge in [0.15, 0.2) is 0 Å². The molecule has 19 heavy (non-hydrogen) atoms. The van der Waals surface area contributed by atoms with Crippen LogP contribution in [0.2, 0.25) is 0 Å². The van der Waals surface area contributed by atoms with Gasteiger partial charge in [0.1, 0.15) is 0 Å². The number of hydrogen-bond acceptors (Lipinski definition) is 4. The molecule has 2 heterocycles. The van der Waals surface area contributed by atoms with Crippen molar-refractivity contribution in [2.24, 2.45) is 0 Å². The van der Waals surface area contributed by atoms with Crippen molar-refractivity contribution < 1.29 is 4.74 Å². The molecule has 0 bridgehead atoms. The topological polar surface area (TPSA) is 37.4 Å². The molecular weight excluding hydrogens is 238 g/mol. The number of pyridine rings is 1. The minimum atomic E-state index is 0.303. The molecule has 1 N–H and O–H groups in total. The van der Waals surface area contributed by atoms with Crippen LogP contribution in [0.4, 0.5) is 5.69 Å². The zero-order valence-corrected chi connectivity index (χ0v) is 11.8. The van der Waals surface area contributed by atoms with Gasteiger partial charge in [-0.25, -0.2) is 0 Å². The Labute approximate surface area is 115 Å². The summed E-state index contributed by atoms with van der Waals surface area (Å²) < 4.78 is 5.69. The first kappa shape index (κ1) is 12.9. The number of hydrogen-bond donors (Lipinski definition) is 1. The fourth-order valence-electron chi connectivity index (χ4n) is 2.54. The highest BCUT2D eigenvalue weighted by molar-refractivity contribution is 5.48. The van der Waals surface area contributed by atoms with Crippen molar-refractivity contribution in [2.45, 2.75) is 51.4 Å². The number of nitrogens with one attached hydrogen (secondary N) is 1. The minimum absolute atomic E-state index is 0.303. The Balaban J connectivity index is 1.69. The largest absolute Gasteiger partial charge is 0.375 e. The smallest absolute Gasteiger partial charge is 0.0723 e. The normalized spacial score (nSPS) is 27.6. The predicted molar refractivity (Wildman–Crippen MR) is 76.3 cm³/mol. The molecule has 1 aromatic heterocycles. The second-order valence-corrected chi connectivity index (χ2v) is 5.81. The Hall–Kier alpha value is -1.13. The van der Waals surface area contributed by atoms with E-state index in [4.69, 9.17) is 4.74 Å². The zero-order chi connectivity index (χ0) is 13.2. The summed E-state index contributed by atoms with van der Waals surface area (Å²) in [6, 6.07) is 5.48. The second-order valence-electron chi connectivity index (χ2n) is 5.81. The molecule has 104 valence electrons. The fourth-order valence-corrected chi connectivity index (χ4v) is 2.54. The molecule has 1 aliphatic heterocycles. The van der Waals surface area contributed by atoms with E-state index in [2.05, 4.69) is 41.2 Å². The van der Waals surface area contributed by atoms with Crippen molar-refractivity contribution in [1.82, 2.24) is 10.3 Å². The summed E-state index contributed by atoms with van der Waals surface area (Å²) >= 11 is 0. The molecule has 2 atom stereocenters. The highest BCUT2D eigenvalue weighted by Gasteiger charge is 2.24. The summed E-state index contributed by atoms with van der Waals surface area (Å²) in [5, 5.41) is 3.52. The van der Waals surface area contributed by atoms with Crippen LogP contribution >= 0.6 is 0 Å². The van der Waals surface area contributed by atoms with Crippen molar-refractivity contribution >= 4 is 5.69 Å². The third kappa shape index (κ3) is 3.25. The molecule has 1 saturated carbocycles. The van der Waals surface area contributed by atoms with E-state index in [1.165, 1.54) is 18.5 Å². The maximum Gasteiger partial charge on any atom is 0.0723 e. The standard InChI is InChI=1S/C15H23N3O/c1-11-10-19-12(2)9-18(11)15-5-6-16-14(7-15)8-17-13-3-4-13/h5-7,11-13,17H,3-4,8-10H2,1-2H3. The van der Waals surface area contributed by atoms with E-state index in [1.807, 2.05) is 6.20 Å². The molecular formula is C15H23N3O. The first-order chi connectivity index (χ1) is 9.22. The average molecular weight is 261 g/mol. The molecule has 0 radical (unpaired) electrons. The van der Waals surface area contributed by atoms with E-state index in [9.17, 15) is 0 Å². The first-order valence-electron chi connectivity index (χ1n) is 7.29. The van der Waals surface area contributed by atoms with Gasteiger partial charge in [0.05, 0.1) is 18.4 Å². The van der Waals surface area contributed by atoms with Gasteiger partial charge in [0.25, 0.3) is 0 Å². The second kappa shape index (κ2) is 5.47. The quantitative estimate of drug-likeness (QED) is 0.899. The van der Waals surface area contributed by atoms with E-state index >= 15 is 0 Å². The van der Waals surface area contributed by atoms with Gasteiger partial charge >= 0.3 is 0 Å². The summed E-state index contributed by atoms with van der Waals surface area (Å²) in [6.07, 6.45) is 4.86. The Morgan fingerprint density at radius 3 is 3.05 bits per heavy atom. The molecule has 4 nitrogen and oxygen atoms in total.